The summed E-state index contributed by atoms with van der Waals surface area (Å²) in [5.41, 5.74) is 0.0330. The fraction of sp³-hybridized carbons (Fsp3) is 0.600. The number of likely N-dealkylation sites (tertiary alicyclic amines) is 1. The van der Waals surface area contributed by atoms with Crippen molar-refractivity contribution in [3.8, 4) is 0 Å². The third-order valence-corrected chi connectivity index (χ3v) is 4.19. The minimum atomic E-state index is -0.844. The lowest BCUT2D eigenvalue weighted by molar-refractivity contribution is -0.141. The highest BCUT2D eigenvalue weighted by Gasteiger charge is 2.40. The standard InChI is InChI=1S/C15H21FN2O2/c1-2-15(10-14(19)20,18-8-4-3-5-9-18)13-7-6-12(16)11-17-13/h6-7,11H,2-5,8-10H2,1H3,(H,19,20). The molecule has 0 spiro atoms. The van der Waals surface area contributed by atoms with Crippen LogP contribution >= 0.6 is 0 Å². The van der Waals surface area contributed by atoms with E-state index in [0.29, 0.717) is 12.1 Å². The van der Waals surface area contributed by atoms with Crippen molar-refractivity contribution in [3.63, 3.8) is 0 Å². The van der Waals surface area contributed by atoms with Gasteiger partial charge in [-0.15, -0.1) is 0 Å². The van der Waals surface area contributed by atoms with E-state index in [1.165, 1.54) is 18.7 Å². The van der Waals surface area contributed by atoms with Crippen LogP contribution in [0.3, 0.4) is 0 Å². The highest BCUT2D eigenvalue weighted by molar-refractivity contribution is 5.68. The molecule has 1 aromatic heterocycles. The lowest BCUT2D eigenvalue weighted by atomic mass is 9.84. The second-order valence-electron chi connectivity index (χ2n) is 5.37. The highest BCUT2D eigenvalue weighted by Crippen LogP contribution is 2.36. The number of piperidine rings is 1. The van der Waals surface area contributed by atoms with E-state index >= 15 is 0 Å². The molecular formula is C15H21FN2O2. The minimum Gasteiger partial charge on any atom is -0.481 e. The molecule has 1 aliphatic rings. The van der Waals surface area contributed by atoms with E-state index in [1.54, 1.807) is 6.07 Å². The van der Waals surface area contributed by atoms with Crippen LogP contribution in [0, 0.1) is 5.82 Å². The molecule has 1 aliphatic heterocycles. The van der Waals surface area contributed by atoms with Gasteiger partial charge in [0, 0.05) is 0 Å². The molecular weight excluding hydrogens is 259 g/mol. The molecule has 0 aromatic carbocycles. The zero-order chi connectivity index (χ0) is 14.6. The second-order valence-corrected chi connectivity index (χ2v) is 5.37. The Hall–Kier alpha value is -1.49. The van der Waals surface area contributed by atoms with Gasteiger partial charge in [-0.3, -0.25) is 14.7 Å². The Balaban J connectivity index is 2.39. The summed E-state index contributed by atoms with van der Waals surface area (Å²) in [5, 5.41) is 9.30. The topological polar surface area (TPSA) is 53.4 Å². The number of halogens is 1. The number of aromatic nitrogens is 1. The summed E-state index contributed by atoms with van der Waals surface area (Å²) in [4.78, 5) is 17.7. The molecule has 2 heterocycles. The van der Waals surface area contributed by atoms with Crippen LogP contribution in [-0.2, 0) is 10.3 Å². The van der Waals surface area contributed by atoms with Crippen molar-refractivity contribution in [1.82, 2.24) is 9.88 Å². The normalized spacial score (nSPS) is 19.5. The molecule has 0 bridgehead atoms. The lowest BCUT2D eigenvalue weighted by Crippen LogP contribution is -2.50. The predicted molar refractivity (Wildman–Crippen MR) is 73.8 cm³/mol. The molecule has 110 valence electrons. The average Bonchev–Trinajstić information content (AvgIpc) is 2.46. The molecule has 1 N–H and O–H groups in total. The Kier molecular flexibility index (Phi) is 4.70. The van der Waals surface area contributed by atoms with Gasteiger partial charge in [0.1, 0.15) is 5.82 Å². The molecule has 0 saturated carbocycles. The Morgan fingerprint density at radius 1 is 1.40 bits per heavy atom. The average molecular weight is 280 g/mol. The van der Waals surface area contributed by atoms with E-state index in [4.69, 9.17) is 0 Å². The Morgan fingerprint density at radius 3 is 2.60 bits per heavy atom. The van der Waals surface area contributed by atoms with Gasteiger partial charge in [0.15, 0.2) is 0 Å². The smallest absolute Gasteiger partial charge is 0.305 e. The maximum atomic E-state index is 13.1. The summed E-state index contributed by atoms with van der Waals surface area (Å²) in [6, 6.07) is 2.98. The Labute approximate surface area is 118 Å². The van der Waals surface area contributed by atoms with Gasteiger partial charge in [0.2, 0.25) is 0 Å². The lowest BCUT2D eigenvalue weighted by Gasteiger charge is -2.44. The maximum absolute atomic E-state index is 13.1. The van der Waals surface area contributed by atoms with E-state index in [1.807, 2.05) is 6.92 Å². The Bertz CT molecular complexity index is 457. The van der Waals surface area contributed by atoms with Gasteiger partial charge >= 0.3 is 5.97 Å². The van der Waals surface area contributed by atoms with Crippen LogP contribution in [0.15, 0.2) is 18.3 Å². The summed E-state index contributed by atoms with van der Waals surface area (Å²) in [5.74, 6) is -1.24. The molecule has 1 atom stereocenters. The molecule has 1 saturated heterocycles. The van der Waals surface area contributed by atoms with Crippen LogP contribution in [0.2, 0.25) is 0 Å². The number of rotatable bonds is 5. The van der Waals surface area contributed by atoms with Gasteiger partial charge in [-0.2, -0.15) is 0 Å². The molecule has 0 radical (unpaired) electrons. The summed E-state index contributed by atoms with van der Waals surface area (Å²) < 4.78 is 13.1. The first-order chi connectivity index (χ1) is 9.58. The van der Waals surface area contributed by atoms with E-state index in [2.05, 4.69) is 9.88 Å². The van der Waals surface area contributed by atoms with Crippen molar-refractivity contribution >= 4 is 5.97 Å². The number of pyridine rings is 1. The van der Waals surface area contributed by atoms with Crippen LogP contribution in [-0.4, -0.2) is 34.0 Å². The minimum absolute atomic E-state index is 0.00212. The molecule has 5 heteroatoms. The quantitative estimate of drug-likeness (QED) is 0.901. The number of hydrogen-bond acceptors (Lipinski definition) is 3. The molecule has 20 heavy (non-hydrogen) atoms. The van der Waals surface area contributed by atoms with E-state index in [9.17, 15) is 14.3 Å². The number of carboxylic acid groups (broad SMARTS) is 1. The number of nitrogens with zero attached hydrogens (tertiary/aromatic N) is 2. The van der Waals surface area contributed by atoms with Crippen molar-refractivity contribution < 1.29 is 14.3 Å². The molecule has 1 unspecified atom stereocenters. The summed E-state index contributed by atoms with van der Waals surface area (Å²) in [6.07, 6.45) is 5.15. The first kappa shape index (κ1) is 14.9. The monoisotopic (exact) mass is 280 g/mol. The predicted octanol–water partition coefficient (Wildman–Crippen LogP) is 2.79. The maximum Gasteiger partial charge on any atom is 0.305 e. The zero-order valence-electron chi connectivity index (χ0n) is 11.8. The molecule has 2 rings (SSSR count). The highest BCUT2D eigenvalue weighted by atomic mass is 19.1. The van der Waals surface area contributed by atoms with Gasteiger partial charge < -0.3 is 5.11 Å². The van der Waals surface area contributed by atoms with Crippen molar-refractivity contribution in [1.29, 1.82) is 0 Å². The second kappa shape index (κ2) is 6.31. The van der Waals surface area contributed by atoms with Gasteiger partial charge in [0.05, 0.1) is 23.9 Å². The number of aliphatic carboxylic acids is 1. The van der Waals surface area contributed by atoms with Crippen molar-refractivity contribution in [2.24, 2.45) is 0 Å². The van der Waals surface area contributed by atoms with Crippen molar-refractivity contribution in [2.45, 2.75) is 44.6 Å². The van der Waals surface area contributed by atoms with Gasteiger partial charge in [-0.05, 0) is 44.5 Å². The van der Waals surface area contributed by atoms with Crippen LogP contribution in [0.4, 0.5) is 4.39 Å². The van der Waals surface area contributed by atoms with Gasteiger partial charge in [-0.1, -0.05) is 13.3 Å². The van der Waals surface area contributed by atoms with Crippen LogP contribution in [0.5, 0.6) is 0 Å². The van der Waals surface area contributed by atoms with E-state index < -0.39 is 17.3 Å². The van der Waals surface area contributed by atoms with Crippen LogP contribution in [0.1, 0.15) is 44.7 Å². The summed E-state index contributed by atoms with van der Waals surface area (Å²) in [6.45, 7) is 3.73. The Morgan fingerprint density at radius 2 is 2.10 bits per heavy atom. The fourth-order valence-corrected chi connectivity index (χ4v) is 3.12. The van der Waals surface area contributed by atoms with Gasteiger partial charge in [0.25, 0.3) is 0 Å². The number of carbonyl (C=O) groups is 1. The third kappa shape index (κ3) is 2.98. The largest absolute Gasteiger partial charge is 0.481 e. The molecule has 4 nitrogen and oxygen atoms in total. The first-order valence-corrected chi connectivity index (χ1v) is 7.17. The number of carboxylic acids is 1. The molecule has 0 aliphatic carbocycles. The third-order valence-electron chi connectivity index (χ3n) is 4.19. The molecule has 1 fully saturated rings. The molecule has 0 amide bonds. The van der Waals surface area contributed by atoms with Crippen molar-refractivity contribution in [2.75, 3.05) is 13.1 Å². The summed E-state index contributed by atoms with van der Waals surface area (Å²) >= 11 is 0. The molecule has 1 aromatic rings. The van der Waals surface area contributed by atoms with Crippen molar-refractivity contribution in [3.05, 3.63) is 29.8 Å². The number of hydrogen-bond donors (Lipinski definition) is 1. The van der Waals surface area contributed by atoms with Crippen LogP contribution < -0.4 is 0 Å². The fourth-order valence-electron chi connectivity index (χ4n) is 3.12. The summed E-state index contributed by atoms with van der Waals surface area (Å²) in [7, 11) is 0. The van der Waals surface area contributed by atoms with E-state index in [-0.39, 0.29) is 6.42 Å². The zero-order valence-corrected chi connectivity index (χ0v) is 11.8. The van der Waals surface area contributed by atoms with Gasteiger partial charge in [-0.25, -0.2) is 4.39 Å². The first-order valence-electron chi connectivity index (χ1n) is 7.17. The SMILES string of the molecule is CCC(CC(=O)O)(c1ccc(F)cn1)N1CCCCC1. The van der Waals surface area contributed by atoms with Crippen LogP contribution in [0.25, 0.3) is 0 Å². The van der Waals surface area contributed by atoms with E-state index in [0.717, 1.165) is 25.9 Å².